The highest BCUT2D eigenvalue weighted by Crippen LogP contribution is 2.51. The predicted molar refractivity (Wildman–Crippen MR) is 233 cm³/mol. The highest BCUT2D eigenvalue weighted by Gasteiger charge is 2.36. The molecule has 0 amide bonds. The molecule has 0 heteroatoms. The molecule has 0 aromatic heterocycles. The number of hydrogen-bond acceptors (Lipinski definition) is 0. The van der Waals surface area contributed by atoms with E-state index in [-0.39, 0.29) is 10.8 Å². The minimum Gasteiger partial charge on any atom is -0.0622 e. The summed E-state index contributed by atoms with van der Waals surface area (Å²) in [7, 11) is 0. The average Bonchev–Trinajstić information content (AvgIpc) is 3.42. The van der Waals surface area contributed by atoms with Crippen molar-refractivity contribution >= 4 is 32.3 Å². The Morgan fingerprint density at radius 1 is 0.389 bits per heavy atom. The van der Waals surface area contributed by atoms with Crippen LogP contribution in [0, 0.1) is 6.92 Å². The summed E-state index contributed by atoms with van der Waals surface area (Å²) in [4.78, 5) is 0. The molecular formula is C54H44. The largest absolute Gasteiger partial charge is 0.0622 e. The molecule has 0 radical (unpaired) electrons. The molecule has 54 heavy (non-hydrogen) atoms. The van der Waals surface area contributed by atoms with E-state index in [4.69, 9.17) is 0 Å². The zero-order chi connectivity index (χ0) is 36.9. The lowest BCUT2D eigenvalue weighted by atomic mass is 9.81. The van der Waals surface area contributed by atoms with Crippen LogP contribution in [0.15, 0.2) is 158 Å². The second-order valence-corrected chi connectivity index (χ2v) is 17.1. The van der Waals surface area contributed by atoms with Gasteiger partial charge in [-0.3, -0.25) is 0 Å². The van der Waals surface area contributed by atoms with Gasteiger partial charge in [-0.1, -0.05) is 180 Å². The summed E-state index contributed by atoms with van der Waals surface area (Å²) in [6.45, 7) is 13.9. The number of rotatable bonds is 4. The monoisotopic (exact) mass is 692 g/mol. The van der Waals surface area contributed by atoms with Crippen molar-refractivity contribution in [1.29, 1.82) is 0 Å². The lowest BCUT2D eigenvalue weighted by Crippen LogP contribution is -2.15. The second-order valence-electron chi connectivity index (χ2n) is 17.1. The molecule has 0 aliphatic heterocycles. The molecular weight excluding hydrogens is 649 g/mol. The first-order valence-corrected chi connectivity index (χ1v) is 19.3. The first kappa shape index (κ1) is 32.7. The molecule has 9 aromatic rings. The summed E-state index contributed by atoms with van der Waals surface area (Å²) in [5.41, 5.74) is 18.3. The van der Waals surface area contributed by atoms with Crippen molar-refractivity contribution in [3.63, 3.8) is 0 Å². The molecule has 0 saturated heterocycles. The molecule has 0 saturated carbocycles. The van der Waals surface area contributed by atoms with Gasteiger partial charge in [0, 0.05) is 5.41 Å². The van der Waals surface area contributed by atoms with Crippen LogP contribution in [0.4, 0.5) is 0 Å². The lowest BCUT2D eigenvalue weighted by Gasteiger charge is -2.22. The fourth-order valence-electron chi connectivity index (χ4n) is 9.19. The lowest BCUT2D eigenvalue weighted by molar-refractivity contribution is 0.591. The molecule has 0 N–H and O–H groups in total. The quantitative estimate of drug-likeness (QED) is 0.161. The van der Waals surface area contributed by atoms with Gasteiger partial charge < -0.3 is 0 Å². The Morgan fingerprint density at radius 3 is 1.39 bits per heavy atom. The Morgan fingerprint density at radius 2 is 0.852 bits per heavy atom. The molecule has 0 spiro atoms. The molecule has 10 rings (SSSR count). The zero-order valence-electron chi connectivity index (χ0n) is 32.0. The second kappa shape index (κ2) is 11.8. The maximum atomic E-state index is 2.42. The van der Waals surface area contributed by atoms with Crippen LogP contribution in [-0.2, 0) is 10.8 Å². The third-order valence-corrected chi connectivity index (χ3v) is 12.3. The Bertz CT molecular complexity index is 2880. The van der Waals surface area contributed by atoms with Crippen molar-refractivity contribution in [2.24, 2.45) is 0 Å². The van der Waals surface area contributed by atoms with Crippen LogP contribution in [0.2, 0.25) is 0 Å². The van der Waals surface area contributed by atoms with Gasteiger partial charge in [0.15, 0.2) is 0 Å². The van der Waals surface area contributed by atoms with E-state index in [1.807, 2.05) is 0 Å². The third-order valence-electron chi connectivity index (χ3n) is 12.3. The van der Waals surface area contributed by atoms with Gasteiger partial charge in [0.25, 0.3) is 0 Å². The van der Waals surface area contributed by atoms with Crippen LogP contribution in [0.1, 0.15) is 56.9 Å². The third kappa shape index (κ3) is 5.04. The molecule has 0 atom stereocenters. The normalized spacial score (nSPS) is 13.5. The van der Waals surface area contributed by atoms with Gasteiger partial charge in [0.1, 0.15) is 0 Å². The van der Waals surface area contributed by atoms with Gasteiger partial charge >= 0.3 is 0 Å². The molecule has 0 heterocycles. The first-order valence-electron chi connectivity index (χ1n) is 19.3. The van der Waals surface area contributed by atoms with E-state index in [2.05, 4.69) is 199 Å². The maximum absolute atomic E-state index is 2.42. The molecule has 1 aliphatic rings. The summed E-state index contributed by atoms with van der Waals surface area (Å²) >= 11 is 0. The zero-order valence-corrected chi connectivity index (χ0v) is 32.0. The standard InChI is InChI=1S/C54H44/c1-33-28-48(47-27-23-42-30-43(53(2,3)4)29-41-22-24-44(33)52(47)51(41)42)38-18-16-36(17-19-38)35-12-14-37(15-13-35)40-21-26-46-45-25-20-39(34-10-8-7-9-11-34)31-49(45)54(5,6)50(46)32-40/h7-32H,1-6H3. The van der Waals surface area contributed by atoms with Crippen molar-refractivity contribution in [2.45, 2.75) is 52.4 Å². The Kier molecular flexibility index (Phi) is 7.11. The first-order chi connectivity index (χ1) is 26.0. The molecule has 1 aliphatic carbocycles. The Balaban J connectivity index is 0.954. The Labute approximate surface area is 319 Å². The SMILES string of the molecule is Cc1cc(-c2ccc(-c3ccc(-c4ccc5c(c4)C(C)(C)c4cc(-c6ccccc6)ccc4-5)cc3)cc2)c2ccc3cc(C(C)(C)C)cc4ccc1c2c43. The number of benzene rings is 9. The number of aryl methyl sites for hydroxylation is 1. The van der Waals surface area contributed by atoms with Gasteiger partial charge in [-0.25, -0.2) is 0 Å². The number of hydrogen-bond donors (Lipinski definition) is 0. The van der Waals surface area contributed by atoms with E-state index in [1.165, 1.54) is 110 Å². The maximum Gasteiger partial charge on any atom is 0.0159 e. The molecule has 0 nitrogen and oxygen atoms in total. The van der Waals surface area contributed by atoms with E-state index in [9.17, 15) is 0 Å². The summed E-state index contributed by atoms with van der Waals surface area (Å²) in [5, 5.41) is 8.10. The summed E-state index contributed by atoms with van der Waals surface area (Å²) < 4.78 is 0. The van der Waals surface area contributed by atoms with E-state index < -0.39 is 0 Å². The van der Waals surface area contributed by atoms with Crippen LogP contribution in [0.3, 0.4) is 0 Å². The van der Waals surface area contributed by atoms with Crippen molar-refractivity contribution < 1.29 is 0 Å². The van der Waals surface area contributed by atoms with Crippen LogP contribution < -0.4 is 0 Å². The van der Waals surface area contributed by atoms with Gasteiger partial charge in [-0.15, -0.1) is 0 Å². The van der Waals surface area contributed by atoms with Crippen molar-refractivity contribution in [2.75, 3.05) is 0 Å². The van der Waals surface area contributed by atoms with Crippen LogP contribution in [0.25, 0.3) is 88.0 Å². The van der Waals surface area contributed by atoms with E-state index in [0.717, 1.165) is 0 Å². The fourth-order valence-corrected chi connectivity index (χ4v) is 9.19. The van der Waals surface area contributed by atoms with Gasteiger partial charge in [-0.05, 0) is 135 Å². The molecule has 0 bridgehead atoms. The van der Waals surface area contributed by atoms with E-state index in [0.29, 0.717) is 0 Å². The summed E-state index contributed by atoms with van der Waals surface area (Å²) in [5.74, 6) is 0. The average molecular weight is 693 g/mol. The smallest absolute Gasteiger partial charge is 0.0159 e. The fraction of sp³-hybridized carbons (Fsp3) is 0.148. The van der Waals surface area contributed by atoms with Crippen molar-refractivity contribution in [3.8, 4) is 55.6 Å². The van der Waals surface area contributed by atoms with Crippen LogP contribution >= 0.6 is 0 Å². The minimum atomic E-state index is -0.0732. The number of fused-ring (bicyclic) bond motifs is 3. The highest BCUT2D eigenvalue weighted by molar-refractivity contribution is 6.26. The van der Waals surface area contributed by atoms with Crippen molar-refractivity contribution in [1.82, 2.24) is 0 Å². The van der Waals surface area contributed by atoms with E-state index in [1.54, 1.807) is 0 Å². The topological polar surface area (TPSA) is 0 Å². The van der Waals surface area contributed by atoms with Gasteiger partial charge in [0.2, 0.25) is 0 Å². The minimum absolute atomic E-state index is 0.0732. The van der Waals surface area contributed by atoms with E-state index >= 15 is 0 Å². The van der Waals surface area contributed by atoms with Crippen molar-refractivity contribution in [3.05, 3.63) is 180 Å². The van der Waals surface area contributed by atoms with Crippen LogP contribution in [-0.4, -0.2) is 0 Å². The van der Waals surface area contributed by atoms with Crippen LogP contribution in [0.5, 0.6) is 0 Å². The molecule has 9 aromatic carbocycles. The summed E-state index contributed by atoms with van der Waals surface area (Å²) in [6.07, 6.45) is 0. The molecule has 0 fully saturated rings. The Hall–Kier alpha value is -5.98. The summed E-state index contributed by atoms with van der Waals surface area (Å²) in [6, 6.07) is 59.5. The highest BCUT2D eigenvalue weighted by atomic mass is 14.4. The van der Waals surface area contributed by atoms with Gasteiger partial charge in [0.05, 0.1) is 0 Å². The van der Waals surface area contributed by atoms with Gasteiger partial charge in [-0.2, -0.15) is 0 Å². The predicted octanol–water partition coefficient (Wildman–Crippen LogP) is 15.2. The molecule has 260 valence electrons. The molecule has 0 unspecified atom stereocenters.